The molecule has 2 aliphatic rings. The summed E-state index contributed by atoms with van der Waals surface area (Å²) < 4.78 is 12.1. The summed E-state index contributed by atoms with van der Waals surface area (Å²) in [6, 6.07) is 0. The van der Waals surface area contributed by atoms with Gasteiger partial charge in [0.2, 0.25) is 0 Å². The maximum Gasteiger partial charge on any atom is 0.158 e. The van der Waals surface area contributed by atoms with Crippen molar-refractivity contribution in [1.82, 2.24) is 0 Å². The molecule has 1 saturated heterocycles. The van der Waals surface area contributed by atoms with Crippen molar-refractivity contribution in [2.45, 2.75) is 72.2 Å². The summed E-state index contributed by atoms with van der Waals surface area (Å²) in [7, 11) is 0. The van der Waals surface area contributed by atoms with Gasteiger partial charge in [0.1, 0.15) is 0 Å². The molecule has 4 unspecified atom stereocenters. The van der Waals surface area contributed by atoms with Crippen LogP contribution in [0, 0.1) is 23.7 Å². The predicted octanol–water partition coefficient (Wildman–Crippen LogP) is 4.24. The normalized spacial score (nSPS) is 37.7. The summed E-state index contributed by atoms with van der Waals surface area (Å²) in [6.45, 7) is 10.2. The van der Waals surface area contributed by atoms with Gasteiger partial charge in [-0.2, -0.15) is 0 Å². The van der Waals surface area contributed by atoms with Gasteiger partial charge in [-0.1, -0.05) is 34.1 Å². The summed E-state index contributed by atoms with van der Waals surface area (Å²) in [4.78, 5) is 0. The molecule has 106 valence electrons. The molecule has 2 nitrogen and oxygen atoms in total. The molecule has 18 heavy (non-hydrogen) atoms. The predicted molar refractivity (Wildman–Crippen MR) is 74.4 cm³/mol. The summed E-state index contributed by atoms with van der Waals surface area (Å²) in [6.07, 6.45) is 6.71. The molecule has 2 heteroatoms. The first-order valence-corrected chi connectivity index (χ1v) is 7.85. The van der Waals surface area contributed by atoms with Crippen LogP contribution in [0.4, 0.5) is 0 Å². The van der Waals surface area contributed by atoms with E-state index < -0.39 is 0 Å². The van der Waals surface area contributed by atoms with Crippen LogP contribution in [0.25, 0.3) is 0 Å². The molecule has 2 fully saturated rings. The van der Waals surface area contributed by atoms with E-state index in [1.54, 1.807) is 0 Å². The third kappa shape index (κ3) is 3.48. The van der Waals surface area contributed by atoms with E-state index in [4.69, 9.17) is 9.47 Å². The van der Waals surface area contributed by atoms with Gasteiger partial charge in [-0.25, -0.2) is 0 Å². The smallest absolute Gasteiger partial charge is 0.158 e. The van der Waals surface area contributed by atoms with Gasteiger partial charge in [-0.3, -0.25) is 0 Å². The highest BCUT2D eigenvalue weighted by molar-refractivity contribution is 4.81. The van der Waals surface area contributed by atoms with E-state index >= 15 is 0 Å². The van der Waals surface area contributed by atoms with Gasteiger partial charge in [-0.05, 0) is 42.9 Å². The van der Waals surface area contributed by atoms with Crippen molar-refractivity contribution >= 4 is 0 Å². The number of hydrogen-bond acceptors (Lipinski definition) is 2. The second kappa shape index (κ2) is 6.38. The van der Waals surface area contributed by atoms with E-state index in [0.717, 1.165) is 36.7 Å². The standard InChI is InChI=1S/C16H30O2/c1-11(2)13-8-9-17-16(10-13)18-15-7-5-6-14(15)12(3)4/h11-16H,5-10H2,1-4H3. The van der Waals surface area contributed by atoms with Crippen LogP contribution >= 0.6 is 0 Å². The molecule has 0 aromatic carbocycles. The maximum atomic E-state index is 6.28. The molecule has 1 saturated carbocycles. The lowest BCUT2D eigenvalue weighted by molar-refractivity contribution is -0.209. The molecular formula is C16H30O2. The third-order valence-corrected chi connectivity index (χ3v) is 4.92. The highest BCUT2D eigenvalue weighted by atomic mass is 16.7. The van der Waals surface area contributed by atoms with E-state index in [1.807, 2.05) is 0 Å². The SMILES string of the molecule is CC(C)C1CCOC(OC2CCCC2C(C)C)C1. The Kier molecular flexibility index (Phi) is 5.08. The molecule has 0 bridgehead atoms. The molecule has 0 radical (unpaired) electrons. The van der Waals surface area contributed by atoms with Crippen LogP contribution in [0.1, 0.15) is 59.8 Å². The van der Waals surface area contributed by atoms with Gasteiger partial charge >= 0.3 is 0 Å². The Balaban J connectivity index is 1.85. The molecule has 0 aromatic heterocycles. The molecular weight excluding hydrogens is 224 g/mol. The van der Waals surface area contributed by atoms with Crippen molar-refractivity contribution in [3.05, 3.63) is 0 Å². The van der Waals surface area contributed by atoms with E-state index in [0.29, 0.717) is 6.10 Å². The number of hydrogen-bond donors (Lipinski definition) is 0. The van der Waals surface area contributed by atoms with Crippen LogP contribution < -0.4 is 0 Å². The van der Waals surface area contributed by atoms with Crippen LogP contribution in [-0.4, -0.2) is 19.0 Å². The van der Waals surface area contributed by atoms with Gasteiger partial charge in [0, 0.05) is 6.42 Å². The van der Waals surface area contributed by atoms with Gasteiger partial charge in [-0.15, -0.1) is 0 Å². The Morgan fingerprint density at radius 3 is 2.44 bits per heavy atom. The van der Waals surface area contributed by atoms with E-state index in [1.165, 1.54) is 25.7 Å². The highest BCUT2D eigenvalue weighted by Crippen LogP contribution is 2.36. The quantitative estimate of drug-likeness (QED) is 0.747. The molecule has 0 spiro atoms. The average molecular weight is 254 g/mol. The average Bonchev–Trinajstić information content (AvgIpc) is 2.77. The van der Waals surface area contributed by atoms with Crippen LogP contribution in [0.5, 0.6) is 0 Å². The minimum Gasteiger partial charge on any atom is -0.353 e. The van der Waals surface area contributed by atoms with Gasteiger partial charge in [0.15, 0.2) is 6.29 Å². The summed E-state index contributed by atoms with van der Waals surface area (Å²) in [5, 5.41) is 0. The lowest BCUT2D eigenvalue weighted by atomic mass is 9.88. The van der Waals surface area contributed by atoms with E-state index in [-0.39, 0.29) is 6.29 Å². The second-order valence-corrected chi connectivity index (χ2v) is 6.84. The molecule has 0 aromatic rings. The first kappa shape index (κ1) is 14.3. The molecule has 1 aliphatic heterocycles. The van der Waals surface area contributed by atoms with Crippen molar-refractivity contribution in [1.29, 1.82) is 0 Å². The summed E-state index contributed by atoms with van der Waals surface area (Å²) in [5.74, 6) is 3.02. The highest BCUT2D eigenvalue weighted by Gasteiger charge is 2.34. The zero-order valence-electron chi connectivity index (χ0n) is 12.5. The van der Waals surface area contributed by atoms with Crippen molar-refractivity contribution in [2.75, 3.05) is 6.61 Å². The first-order valence-electron chi connectivity index (χ1n) is 7.85. The number of rotatable bonds is 4. The van der Waals surface area contributed by atoms with Crippen LogP contribution in [0.2, 0.25) is 0 Å². The van der Waals surface area contributed by atoms with Crippen LogP contribution in [-0.2, 0) is 9.47 Å². The van der Waals surface area contributed by atoms with Crippen LogP contribution in [0.3, 0.4) is 0 Å². The lowest BCUT2D eigenvalue weighted by Crippen LogP contribution is -2.35. The van der Waals surface area contributed by atoms with Gasteiger partial charge < -0.3 is 9.47 Å². The Bertz CT molecular complexity index is 249. The largest absolute Gasteiger partial charge is 0.353 e. The van der Waals surface area contributed by atoms with Gasteiger partial charge in [0.25, 0.3) is 0 Å². The first-order chi connectivity index (χ1) is 8.58. The van der Waals surface area contributed by atoms with Crippen molar-refractivity contribution in [2.24, 2.45) is 23.7 Å². The Hall–Kier alpha value is -0.0800. The van der Waals surface area contributed by atoms with Crippen molar-refractivity contribution in [3.63, 3.8) is 0 Å². The number of ether oxygens (including phenoxy) is 2. The maximum absolute atomic E-state index is 6.28. The van der Waals surface area contributed by atoms with E-state index in [2.05, 4.69) is 27.7 Å². The third-order valence-electron chi connectivity index (χ3n) is 4.92. The zero-order chi connectivity index (χ0) is 13.1. The van der Waals surface area contributed by atoms with Gasteiger partial charge in [0.05, 0.1) is 12.7 Å². The molecule has 4 atom stereocenters. The monoisotopic (exact) mass is 254 g/mol. The summed E-state index contributed by atoms with van der Waals surface area (Å²) >= 11 is 0. The summed E-state index contributed by atoms with van der Waals surface area (Å²) in [5.41, 5.74) is 0. The molecule has 1 heterocycles. The molecule has 1 aliphatic carbocycles. The Morgan fingerprint density at radius 1 is 1.00 bits per heavy atom. The molecule has 0 N–H and O–H groups in total. The second-order valence-electron chi connectivity index (χ2n) is 6.84. The Labute approximate surface area is 112 Å². The fourth-order valence-electron chi connectivity index (χ4n) is 3.57. The van der Waals surface area contributed by atoms with Crippen molar-refractivity contribution in [3.8, 4) is 0 Å². The van der Waals surface area contributed by atoms with Crippen LogP contribution in [0.15, 0.2) is 0 Å². The van der Waals surface area contributed by atoms with E-state index in [9.17, 15) is 0 Å². The molecule has 0 amide bonds. The lowest BCUT2D eigenvalue weighted by Gasteiger charge is -2.35. The Morgan fingerprint density at radius 2 is 1.78 bits per heavy atom. The minimum absolute atomic E-state index is 0.0653. The zero-order valence-corrected chi connectivity index (χ0v) is 12.5. The fourth-order valence-corrected chi connectivity index (χ4v) is 3.57. The minimum atomic E-state index is 0.0653. The topological polar surface area (TPSA) is 18.5 Å². The fraction of sp³-hybridized carbons (Fsp3) is 1.00. The van der Waals surface area contributed by atoms with Crippen molar-refractivity contribution < 1.29 is 9.47 Å². The molecule has 2 rings (SSSR count).